The van der Waals surface area contributed by atoms with Crippen molar-refractivity contribution in [3.63, 3.8) is 0 Å². The van der Waals surface area contributed by atoms with Gasteiger partial charge in [-0.25, -0.2) is 0 Å². The summed E-state index contributed by atoms with van der Waals surface area (Å²) in [5.41, 5.74) is 1.64. The molecule has 0 amide bonds. The Kier molecular flexibility index (Phi) is 4.04. The Hall–Kier alpha value is -1.32. The molecule has 0 radical (unpaired) electrons. The molecule has 2 aromatic carbocycles. The van der Waals surface area contributed by atoms with Crippen LogP contribution in [0.2, 0.25) is 5.02 Å². The maximum Gasteiger partial charge on any atom is 0.154 e. The summed E-state index contributed by atoms with van der Waals surface area (Å²) in [7, 11) is 1.54. The molecule has 18 heavy (non-hydrogen) atoms. The average molecular weight is 281 g/mol. The van der Waals surface area contributed by atoms with Crippen LogP contribution >= 0.6 is 23.4 Å². The van der Waals surface area contributed by atoms with Crippen molar-refractivity contribution in [3.05, 3.63) is 41.4 Å². The zero-order valence-electron chi connectivity index (χ0n) is 10.1. The molecule has 0 unspecified atom stereocenters. The highest BCUT2D eigenvalue weighted by Gasteiger charge is 2.17. The first kappa shape index (κ1) is 13.1. The number of ether oxygens (including phenoxy) is 1. The monoisotopic (exact) mass is 280 g/mol. The molecule has 2 nitrogen and oxygen atoms in total. The molecule has 4 heteroatoms. The van der Waals surface area contributed by atoms with Crippen LogP contribution in [0.3, 0.4) is 0 Å². The van der Waals surface area contributed by atoms with Gasteiger partial charge in [0.1, 0.15) is 5.75 Å². The fourth-order valence-electron chi connectivity index (χ4n) is 1.82. The third-order valence-corrected chi connectivity index (χ3v) is 3.73. The van der Waals surface area contributed by atoms with Gasteiger partial charge < -0.3 is 9.84 Å². The van der Waals surface area contributed by atoms with Crippen molar-refractivity contribution in [3.8, 4) is 22.6 Å². The van der Waals surface area contributed by atoms with Crippen molar-refractivity contribution in [2.24, 2.45) is 0 Å². The lowest BCUT2D eigenvalue weighted by molar-refractivity contribution is 0.392. The van der Waals surface area contributed by atoms with E-state index in [9.17, 15) is 5.11 Å². The Labute approximate surface area is 116 Å². The van der Waals surface area contributed by atoms with Gasteiger partial charge in [0.25, 0.3) is 0 Å². The Morgan fingerprint density at radius 2 is 1.89 bits per heavy atom. The summed E-state index contributed by atoms with van der Waals surface area (Å²) in [5.74, 6) is 0.719. The van der Waals surface area contributed by atoms with Gasteiger partial charge in [0.15, 0.2) is 5.75 Å². The van der Waals surface area contributed by atoms with E-state index >= 15 is 0 Å². The largest absolute Gasteiger partial charge is 0.506 e. The fraction of sp³-hybridized carbons (Fsp3) is 0.143. The van der Waals surface area contributed by atoms with Crippen LogP contribution in [-0.2, 0) is 0 Å². The van der Waals surface area contributed by atoms with Crippen LogP contribution in [0, 0.1) is 0 Å². The average Bonchev–Trinajstić information content (AvgIpc) is 2.41. The summed E-state index contributed by atoms with van der Waals surface area (Å²) in [6, 6.07) is 11.4. The molecule has 1 N–H and O–H groups in total. The van der Waals surface area contributed by atoms with Gasteiger partial charge in [-0.2, -0.15) is 0 Å². The maximum atomic E-state index is 10.3. The molecule has 0 heterocycles. The normalized spacial score (nSPS) is 10.4. The van der Waals surface area contributed by atoms with E-state index in [4.69, 9.17) is 16.3 Å². The molecule has 0 saturated heterocycles. The molecular weight excluding hydrogens is 268 g/mol. The molecule has 2 rings (SSSR count). The zero-order chi connectivity index (χ0) is 13.1. The molecule has 0 aliphatic rings. The lowest BCUT2D eigenvalue weighted by atomic mass is 10.0. The van der Waals surface area contributed by atoms with Crippen molar-refractivity contribution in [2.45, 2.75) is 4.90 Å². The van der Waals surface area contributed by atoms with Crippen LogP contribution in [0.4, 0.5) is 0 Å². The minimum atomic E-state index is 0.204. The van der Waals surface area contributed by atoms with Crippen molar-refractivity contribution < 1.29 is 9.84 Å². The highest BCUT2D eigenvalue weighted by Crippen LogP contribution is 2.46. The minimum Gasteiger partial charge on any atom is -0.506 e. The molecule has 0 aromatic heterocycles. The van der Waals surface area contributed by atoms with E-state index in [1.807, 2.05) is 36.6 Å². The van der Waals surface area contributed by atoms with Gasteiger partial charge in [-0.3, -0.25) is 0 Å². The molecule has 0 aliphatic heterocycles. The smallest absolute Gasteiger partial charge is 0.154 e. The van der Waals surface area contributed by atoms with Crippen LogP contribution in [0.15, 0.2) is 41.3 Å². The molecule has 94 valence electrons. The van der Waals surface area contributed by atoms with Crippen LogP contribution < -0.4 is 4.74 Å². The predicted octanol–water partition coefficient (Wildman–Crippen LogP) is 4.44. The highest BCUT2D eigenvalue weighted by molar-refractivity contribution is 7.98. The summed E-state index contributed by atoms with van der Waals surface area (Å²) >= 11 is 7.60. The van der Waals surface area contributed by atoms with E-state index < -0.39 is 0 Å². The maximum absolute atomic E-state index is 10.3. The standard InChI is InChI=1S/C14H13ClO2S/c1-17-13-11(15)8-10(12(16)14(13)18-2)9-6-4-3-5-7-9/h3-8,16H,1-2H3. The number of hydrogen-bond donors (Lipinski definition) is 1. The first-order chi connectivity index (χ1) is 8.69. The zero-order valence-corrected chi connectivity index (χ0v) is 11.7. The number of hydrogen-bond acceptors (Lipinski definition) is 3. The second-order valence-electron chi connectivity index (χ2n) is 3.69. The first-order valence-corrected chi connectivity index (χ1v) is 6.98. The lowest BCUT2D eigenvalue weighted by Gasteiger charge is -2.14. The van der Waals surface area contributed by atoms with Gasteiger partial charge in [0.2, 0.25) is 0 Å². The van der Waals surface area contributed by atoms with Gasteiger partial charge in [-0.15, -0.1) is 11.8 Å². The number of thioether (sulfide) groups is 1. The van der Waals surface area contributed by atoms with Crippen LogP contribution in [-0.4, -0.2) is 18.5 Å². The summed E-state index contributed by atoms with van der Waals surface area (Å²) in [6.07, 6.45) is 1.88. The molecule has 0 saturated carbocycles. The number of phenols is 1. The Balaban J connectivity index is 2.67. The van der Waals surface area contributed by atoms with Gasteiger partial charge in [-0.1, -0.05) is 41.9 Å². The minimum absolute atomic E-state index is 0.204. The van der Waals surface area contributed by atoms with E-state index in [2.05, 4.69) is 0 Å². The Bertz CT molecular complexity index is 555. The molecular formula is C14H13ClO2S. The van der Waals surface area contributed by atoms with Crippen molar-refractivity contribution in [1.29, 1.82) is 0 Å². The van der Waals surface area contributed by atoms with E-state index in [-0.39, 0.29) is 5.75 Å². The Morgan fingerprint density at radius 3 is 2.44 bits per heavy atom. The SMILES string of the molecule is COc1c(Cl)cc(-c2ccccc2)c(O)c1SC. The van der Waals surface area contributed by atoms with Gasteiger partial charge in [0.05, 0.1) is 17.0 Å². The molecule has 0 aliphatic carbocycles. The van der Waals surface area contributed by atoms with E-state index in [1.165, 1.54) is 11.8 Å². The summed E-state index contributed by atoms with van der Waals surface area (Å²) < 4.78 is 5.23. The van der Waals surface area contributed by atoms with Crippen molar-refractivity contribution in [2.75, 3.05) is 13.4 Å². The fourth-order valence-corrected chi connectivity index (χ4v) is 2.84. The second-order valence-corrected chi connectivity index (χ2v) is 4.91. The van der Waals surface area contributed by atoms with Crippen LogP contribution in [0.1, 0.15) is 0 Å². The molecule has 0 bridgehead atoms. The third-order valence-electron chi connectivity index (χ3n) is 2.66. The van der Waals surface area contributed by atoms with Crippen LogP contribution in [0.5, 0.6) is 11.5 Å². The van der Waals surface area contributed by atoms with E-state index in [1.54, 1.807) is 13.2 Å². The molecule has 2 aromatic rings. The lowest BCUT2D eigenvalue weighted by Crippen LogP contribution is -1.90. The van der Waals surface area contributed by atoms with Gasteiger partial charge in [-0.05, 0) is 17.9 Å². The van der Waals surface area contributed by atoms with Gasteiger partial charge >= 0.3 is 0 Å². The highest BCUT2D eigenvalue weighted by atomic mass is 35.5. The number of phenolic OH excluding ortho intramolecular Hbond substituents is 1. The summed E-state index contributed by atoms with van der Waals surface area (Å²) in [5, 5.41) is 10.8. The van der Waals surface area contributed by atoms with Crippen LogP contribution in [0.25, 0.3) is 11.1 Å². The van der Waals surface area contributed by atoms with Gasteiger partial charge in [0, 0.05) is 5.56 Å². The molecule has 0 fully saturated rings. The predicted molar refractivity (Wildman–Crippen MR) is 76.9 cm³/mol. The molecule has 0 spiro atoms. The van der Waals surface area contributed by atoms with E-state index in [0.29, 0.717) is 21.2 Å². The van der Waals surface area contributed by atoms with Crippen molar-refractivity contribution in [1.82, 2.24) is 0 Å². The first-order valence-electron chi connectivity index (χ1n) is 5.38. The Morgan fingerprint density at radius 1 is 1.22 bits per heavy atom. The number of benzene rings is 2. The number of rotatable bonds is 3. The number of methoxy groups -OCH3 is 1. The number of aromatic hydroxyl groups is 1. The topological polar surface area (TPSA) is 29.5 Å². The number of halogens is 1. The van der Waals surface area contributed by atoms with E-state index in [0.717, 1.165) is 5.56 Å². The quantitative estimate of drug-likeness (QED) is 0.843. The second kappa shape index (κ2) is 5.55. The van der Waals surface area contributed by atoms with Crippen molar-refractivity contribution >= 4 is 23.4 Å². The molecule has 0 atom stereocenters. The summed E-state index contributed by atoms with van der Waals surface area (Å²) in [4.78, 5) is 0.656. The third kappa shape index (κ3) is 2.28. The summed E-state index contributed by atoms with van der Waals surface area (Å²) in [6.45, 7) is 0.